The van der Waals surface area contributed by atoms with E-state index in [9.17, 15) is 5.11 Å². The maximum Gasteiger partial charge on any atom is 0.164 e. The predicted molar refractivity (Wildman–Crippen MR) is 115 cm³/mol. The van der Waals surface area contributed by atoms with Gasteiger partial charge in [-0.1, -0.05) is 40.2 Å². The van der Waals surface area contributed by atoms with Gasteiger partial charge in [-0.25, -0.2) is 0 Å². The molecule has 164 valence electrons. The van der Waals surface area contributed by atoms with E-state index in [1.807, 2.05) is 7.11 Å². The number of hydrogen-bond acceptors (Lipinski definition) is 3. The Balaban J connectivity index is 1.56. The van der Waals surface area contributed by atoms with E-state index in [0.717, 1.165) is 6.61 Å². The monoisotopic (exact) mass is 402 g/mol. The van der Waals surface area contributed by atoms with Gasteiger partial charge in [0, 0.05) is 25.0 Å². The minimum atomic E-state index is -0.0778. The highest BCUT2D eigenvalue weighted by molar-refractivity contribution is 5.26. The van der Waals surface area contributed by atoms with E-state index >= 15 is 0 Å². The molecular weight excluding hydrogens is 360 g/mol. The first-order chi connectivity index (χ1) is 13.7. The van der Waals surface area contributed by atoms with Crippen molar-refractivity contribution >= 4 is 0 Å². The summed E-state index contributed by atoms with van der Waals surface area (Å²) in [7, 11) is 1.81. The lowest BCUT2D eigenvalue weighted by atomic mass is 9.35. The molecule has 3 nitrogen and oxygen atoms in total. The summed E-state index contributed by atoms with van der Waals surface area (Å²) >= 11 is 0. The van der Waals surface area contributed by atoms with E-state index in [2.05, 4.69) is 33.8 Å². The van der Waals surface area contributed by atoms with Crippen LogP contribution >= 0.6 is 0 Å². The van der Waals surface area contributed by atoms with Gasteiger partial charge in [0.15, 0.2) is 6.29 Å². The third-order valence-electron chi connectivity index (χ3n) is 11.1. The van der Waals surface area contributed by atoms with Gasteiger partial charge in [0.2, 0.25) is 0 Å². The first-order valence-electron chi connectivity index (χ1n) is 12.2. The highest BCUT2D eigenvalue weighted by atomic mass is 16.7. The quantitative estimate of drug-likeness (QED) is 0.613. The van der Waals surface area contributed by atoms with Crippen molar-refractivity contribution in [3.05, 3.63) is 11.6 Å². The van der Waals surface area contributed by atoms with Crippen LogP contribution in [-0.4, -0.2) is 31.7 Å². The van der Waals surface area contributed by atoms with E-state index in [-0.39, 0.29) is 17.1 Å². The van der Waals surface area contributed by atoms with Crippen LogP contribution in [0.3, 0.4) is 0 Å². The fourth-order valence-electron chi connectivity index (χ4n) is 9.94. The molecule has 0 amide bonds. The van der Waals surface area contributed by atoms with Crippen LogP contribution in [-0.2, 0) is 9.47 Å². The molecule has 0 spiro atoms. The molecule has 1 aliphatic heterocycles. The lowest BCUT2D eigenvalue weighted by molar-refractivity contribution is -0.230. The summed E-state index contributed by atoms with van der Waals surface area (Å²) in [5, 5.41) is 10.9. The zero-order chi connectivity index (χ0) is 20.7. The normalized spacial score (nSPS) is 53.3. The van der Waals surface area contributed by atoms with Crippen molar-refractivity contribution in [3.63, 3.8) is 0 Å². The Morgan fingerprint density at radius 1 is 1.00 bits per heavy atom. The molecule has 1 heterocycles. The van der Waals surface area contributed by atoms with Gasteiger partial charge in [0.1, 0.15) is 0 Å². The molecule has 8 atom stereocenters. The number of aliphatic hydroxyl groups excluding tert-OH is 1. The van der Waals surface area contributed by atoms with E-state index < -0.39 is 0 Å². The van der Waals surface area contributed by atoms with Gasteiger partial charge in [-0.2, -0.15) is 0 Å². The molecule has 5 aliphatic rings. The Labute approximate surface area is 177 Å². The minimum Gasteiger partial charge on any atom is -0.396 e. The van der Waals surface area contributed by atoms with Crippen molar-refractivity contribution in [2.75, 3.05) is 20.3 Å². The van der Waals surface area contributed by atoms with E-state index in [0.29, 0.717) is 41.1 Å². The lowest BCUT2D eigenvalue weighted by Gasteiger charge is -2.70. The summed E-state index contributed by atoms with van der Waals surface area (Å²) < 4.78 is 11.9. The first-order valence-corrected chi connectivity index (χ1v) is 12.2. The van der Waals surface area contributed by atoms with Crippen LogP contribution in [0.15, 0.2) is 11.6 Å². The van der Waals surface area contributed by atoms with Gasteiger partial charge < -0.3 is 14.6 Å². The van der Waals surface area contributed by atoms with Crippen molar-refractivity contribution in [3.8, 4) is 0 Å². The van der Waals surface area contributed by atoms with Gasteiger partial charge >= 0.3 is 0 Å². The van der Waals surface area contributed by atoms with Crippen molar-refractivity contribution in [2.24, 2.45) is 45.3 Å². The number of fused-ring (bicyclic) bond motifs is 7. The van der Waals surface area contributed by atoms with Gasteiger partial charge in [0.25, 0.3) is 0 Å². The van der Waals surface area contributed by atoms with Gasteiger partial charge in [-0.15, -0.1) is 0 Å². The molecule has 5 rings (SSSR count). The molecule has 0 unspecified atom stereocenters. The summed E-state index contributed by atoms with van der Waals surface area (Å²) in [5.41, 5.74) is 2.54. The Bertz CT molecular complexity index is 698. The molecule has 4 aliphatic carbocycles. The molecule has 0 aromatic heterocycles. The van der Waals surface area contributed by atoms with Gasteiger partial charge in [-0.3, -0.25) is 0 Å². The first kappa shape index (κ1) is 20.5. The number of hydrogen-bond donors (Lipinski definition) is 1. The average Bonchev–Trinajstić information content (AvgIpc) is 3.11. The van der Waals surface area contributed by atoms with Crippen molar-refractivity contribution in [1.82, 2.24) is 0 Å². The maximum atomic E-state index is 10.9. The number of aliphatic hydroxyl groups is 1. The topological polar surface area (TPSA) is 38.7 Å². The summed E-state index contributed by atoms with van der Waals surface area (Å²) in [6.07, 6.45) is 12.6. The SMILES string of the molecule is CO[C@@H]1OCC2=CC[C@@H]3[C@](C)(CC[C@H]4[C@@]3(C)CC[C@H]3C(C)(C)CCC[C@@]34CO)[C@H]21. The summed E-state index contributed by atoms with van der Waals surface area (Å²) in [6, 6.07) is 0. The second kappa shape index (κ2) is 6.56. The number of methoxy groups -OCH3 is 1. The maximum absolute atomic E-state index is 10.9. The van der Waals surface area contributed by atoms with Crippen molar-refractivity contribution < 1.29 is 14.6 Å². The molecule has 0 aromatic carbocycles. The molecule has 0 aromatic rings. The Kier molecular flexibility index (Phi) is 4.64. The largest absolute Gasteiger partial charge is 0.396 e. The standard InChI is InChI=1S/C26H42O3/c1-23(2)11-6-12-26(16-27)18(23)9-13-24(3)19-8-7-17-15-29-22(28-5)21(17)25(19,4)14-10-20(24)26/h7,18-22,27H,6,8-16H2,1-5H3/t18-,19-,20-,21+,22+,24-,25-,26+/m0/s1. The molecule has 1 N–H and O–H groups in total. The fraction of sp³-hybridized carbons (Fsp3) is 0.923. The molecular formula is C26H42O3. The minimum absolute atomic E-state index is 0.0778. The van der Waals surface area contributed by atoms with E-state index in [4.69, 9.17) is 9.47 Å². The zero-order valence-corrected chi connectivity index (χ0v) is 19.3. The van der Waals surface area contributed by atoms with Crippen LogP contribution in [0.2, 0.25) is 0 Å². The number of allylic oxidation sites excluding steroid dienone is 1. The van der Waals surface area contributed by atoms with Crippen LogP contribution in [0.4, 0.5) is 0 Å². The van der Waals surface area contributed by atoms with Crippen molar-refractivity contribution in [1.29, 1.82) is 0 Å². The van der Waals surface area contributed by atoms with E-state index in [1.54, 1.807) is 0 Å². The summed E-state index contributed by atoms with van der Waals surface area (Å²) in [4.78, 5) is 0. The molecule has 29 heavy (non-hydrogen) atoms. The van der Waals surface area contributed by atoms with Gasteiger partial charge in [-0.05, 0) is 84.5 Å². The lowest BCUT2D eigenvalue weighted by Crippen LogP contribution is -2.64. The molecule has 3 heteroatoms. The van der Waals surface area contributed by atoms with E-state index in [1.165, 1.54) is 56.9 Å². The Morgan fingerprint density at radius 3 is 2.45 bits per heavy atom. The molecule has 4 fully saturated rings. The molecule has 0 bridgehead atoms. The predicted octanol–water partition coefficient (Wildman–Crippen LogP) is 5.57. The van der Waals surface area contributed by atoms with Crippen LogP contribution in [0, 0.1) is 45.3 Å². The molecule has 1 saturated heterocycles. The highest BCUT2D eigenvalue weighted by Crippen LogP contribution is 2.73. The second-order valence-electron chi connectivity index (χ2n) is 12.4. The Morgan fingerprint density at radius 2 is 1.72 bits per heavy atom. The van der Waals surface area contributed by atoms with Crippen LogP contribution in [0.25, 0.3) is 0 Å². The highest BCUT2D eigenvalue weighted by Gasteiger charge is 2.67. The molecule has 3 saturated carbocycles. The fourth-order valence-corrected chi connectivity index (χ4v) is 9.94. The second-order valence-corrected chi connectivity index (χ2v) is 12.4. The van der Waals surface area contributed by atoms with Crippen molar-refractivity contribution in [2.45, 2.75) is 85.4 Å². The van der Waals surface area contributed by atoms with Crippen LogP contribution in [0.5, 0.6) is 0 Å². The average molecular weight is 403 g/mol. The number of rotatable bonds is 2. The Hall–Kier alpha value is -0.380. The van der Waals surface area contributed by atoms with Gasteiger partial charge in [0.05, 0.1) is 6.61 Å². The third-order valence-corrected chi connectivity index (χ3v) is 11.1. The summed E-state index contributed by atoms with van der Waals surface area (Å²) in [6.45, 7) is 11.2. The number of ether oxygens (including phenoxy) is 2. The zero-order valence-electron chi connectivity index (χ0n) is 19.3. The smallest absolute Gasteiger partial charge is 0.164 e. The third kappa shape index (κ3) is 2.53. The van der Waals surface area contributed by atoms with Crippen LogP contribution < -0.4 is 0 Å². The molecule has 0 radical (unpaired) electrons. The summed E-state index contributed by atoms with van der Waals surface area (Å²) in [5.74, 6) is 2.40. The van der Waals surface area contributed by atoms with Crippen LogP contribution in [0.1, 0.15) is 79.1 Å².